The van der Waals surface area contributed by atoms with Gasteiger partial charge in [-0.2, -0.15) is 0 Å². The van der Waals surface area contributed by atoms with Crippen molar-refractivity contribution in [2.75, 3.05) is 19.6 Å². The van der Waals surface area contributed by atoms with Crippen LogP contribution in [0.1, 0.15) is 30.8 Å². The van der Waals surface area contributed by atoms with Crippen molar-refractivity contribution in [2.24, 2.45) is 5.92 Å². The normalized spacial score (nSPS) is 19.6. The highest BCUT2D eigenvalue weighted by Crippen LogP contribution is 2.19. The highest BCUT2D eigenvalue weighted by atomic mass is 35.5. The predicted molar refractivity (Wildman–Crippen MR) is 81.4 cm³/mol. The first-order valence-electron chi connectivity index (χ1n) is 6.81. The first-order chi connectivity index (χ1) is 9.47. The topological polar surface area (TPSA) is 45.2 Å². The fraction of sp³-hybridized carbons (Fsp3) is 0.571. The molecule has 0 aromatic carbocycles. The summed E-state index contributed by atoms with van der Waals surface area (Å²) < 4.78 is 0. The summed E-state index contributed by atoms with van der Waals surface area (Å²) in [6.45, 7) is 7.14. The summed E-state index contributed by atoms with van der Waals surface area (Å²) in [7, 11) is 0. The second kappa shape index (κ2) is 6.74. The van der Waals surface area contributed by atoms with Crippen molar-refractivity contribution in [2.45, 2.75) is 26.3 Å². The van der Waals surface area contributed by atoms with Crippen LogP contribution in [0.5, 0.6) is 0 Å². The van der Waals surface area contributed by atoms with Gasteiger partial charge in [-0.05, 0) is 44.9 Å². The van der Waals surface area contributed by atoms with Crippen molar-refractivity contribution in [1.29, 1.82) is 0 Å². The lowest BCUT2D eigenvalue weighted by atomic mass is 10.1. The van der Waals surface area contributed by atoms with Gasteiger partial charge in [-0.25, -0.2) is 4.98 Å². The summed E-state index contributed by atoms with van der Waals surface area (Å²) in [4.78, 5) is 18.4. The summed E-state index contributed by atoms with van der Waals surface area (Å²) in [5.74, 6) is 0.222. The van der Waals surface area contributed by atoms with E-state index in [0.717, 1.165) is 19.5 Å². The molecule has 0 aliphatic carbocycles. The Bertz CT molecular complexity index is 493. The fourth-order valence-electron chi connectivity index (χ4n) is 2.40. The average Bonchev–Trinajstić information content (AvgIpc) is 2.88. The zero-order valence-corrected chi connectivity index (χ0v) is 13.2. The van der Waals surface area contributed by atoms with Crippen LogP contribution >= 0.6 is 23.2 Å². The molecule has 1 atom stereocenters. The van der Waals surface area contributed by atoms with Gasteiger partial charge in [0, 0.05) is 19.1 Å². The van der Waals surface area contributed by atoms with Gasteiger partial charge in [-0.15, -0.1) is 0 Å². The summed E-state index contributed by atoms with van der Waals surface area (Å²) in [6, 6.07) is 3.71. The number of carbonyl (C=O) groups excluding carboxylic acids is 1. The van der Waals surface area contributed by atoms with E-state index in [1.165, 1.54) is 0 Å². The van der Waals surface area contributed by atoms with E-state index in [1.54, 1.807) is 12.1 Å². The largest absolute Gasteiger partial charge is 0.350 e. The number of nitrogens with one attached hydrogen (secondary N) is 1. The SMILES string of the molecule is CC(C)N1CCC(CNC(=O)c2nc(Cl)ccc2Cl)C1. The number of aromatic nitrogens is 1. The standard InChI is InChI=1S/C14H19Cl2N3O/c1-9(2)19-6-5-10(8-19)7-17-14(20)13-11(15)3-4-12(16)18-13/h3-4,9-10H,5-8H2,1-2H3,(H,17,20). The Balaban J connectivity index is 1.88. The minimum atomic E-state index is -0.263. The van der Waals surface area contributed by atoms with E-state index in [-0.39, 0.29) is 16.8 Å². The minimum Gasteiger partial charge on any atom is -0.350 e. The van der Waals surface area contributed by atoms with Crippen LogP contribution in [-0.2, 0) is 0 Å². The van der Waals surface area contributed by atoms with Crippen LogP contribution in [0.3, 0.4) is 0 Å². The second-order valence-electron chi connectivity index (χ2n) is 5.42. The van der Waals surface area contributed by atoms with Crippen LogP contribution in [0.25, 0.3) is 0 Å². The molecule has 2 rings (SSSR count). The van der Waals surface area contributed by atoms with Crippen molar-refractivity contribution in [3.8, 4) is 0 Å². The molecule has 4 nitrogen and oxygen atoms in total. The molecule has 20 heavy (non-hydrogen) atoms. The smallest absolute Gasteiger partial charge is 0.271 e. The van der Waals surface area contributed by atoms with E-state index in [1.807, 2.05) is 0 Å². The van der Waals surface area contributed by atoms with Gasteiger partial charge in [0.2, 0.25) is 0 Å². The minimum absolute atomic E-state index is 0.192. The Morgan fingerprint density at radius 3 is 2.90 bits per heavy atom. The van der Waals surface area contributed by atoms with Crippen LogP contribution < -0.4 is 5.32 Å². The third-order valence-electron chi connectivity index (χ3n) is 3.63. The monoisotopic (exact) mass is 315 g/mol. The zero-order valence-electron chi connectivity index (χ0n) is 11.7. The van der Waals surface area contributed by atoms with Crippen LogP contribution in [0.2, 0.25) is 10.2 Å². The summed E-state index contributed by atoms with van der Waals surface area (Å²) in [5, 5.41) is 3.49. The number of likely N-dealkylation sites (tertiary alicyclic amines) is 1. The fourth-order valence-corrected chi connectivity index (χ4v) is 2.74. The summed E-state index contributed by atoms with van der Waals surface area (Å²) >= 11 is 11.7. The molecule has 1 aromatic heterocycles. The van der Waals surface area contributed by atoms with Crippen molar-refractivity contribution >= 4 is 29.1 Å². The Kier molecular flexibility index (Phi) is 5.24. The first kappa shape index (κ1) is 15.5. The molecule has 0 spiro atoms. The lowest BCUT2D eigenvalue weighted by molar-refractivity contribution is 0.0942. The molecule has 1 aliphatic heterocycles. The highest BCUT2D eigenvalue weighted by Gasteiger charge is 2.24. The molecule has 0 bridgehead atoms. The zero-order chi connectivity index (χ0) is 14.7. The molecular formula is C14H19Cl2N3O. The molecule has 110 valence electrons. The number of amides is 1. The Hall–Kier alpha value is -0.840. The molecule has 1 amide bonds. The molecule has 0 radical (unpaired) electrons. The summed E-state index contributed by atoms with van der Waals surface area (Å²) in [5.41, 5.74) is 0.192. The lowest BCUT2D eigenvalue weighted by Crippen LogP contribution is -2.33. The maximum Gasteiger partial charge on any atom is 0.271 e. The quantitative estimate of drug-likeness (QED) is 0.869. The summed E-state index contributed by atoms with van der Waals surface area (Å²) in [6.07, 6.45) is 1.11. The number of halogens is 2. The molecule has 6 heteroatoms. The molecule has 1 N–H and O–H groups in total. The van der Waals surface area contributed by atoms with Gasteiger partial charge < -0.3 is 10.2 Å². The van der Waals surface area contributed by atoms with E-state index in [9.17, 15) is 4.79 Å². The van der Waals surface area contributed by atoms with Crippen LogP contribution in [0.4, 0.5) is 0 Å². The van der Waals surface area contributed by atoms with E-state index >= 15 is 0 Å². The molecule has 1 aliphatic rings. The number of hydrogen-bond donors (Lipinski definition) is 1. The molecular weight excluding hydrogens is 297 g/mol. The molecule has 1 fully saturated rings. The number of pyridine rings is 1. The number of rotatable bonds is 4. The van der Waals surface area contributed by atoms with Crippen molar-refractivity contribution in [3.63, 3.8) is 0 Å². The first-order valence-corrected chi connectivity index (χ1v) is 7.57. The second-order valence-corrected chi connectivity index (χ2v) is 6.21. The van der Waals surface area contributed by atoms with Gasteiger partial charge in [0.1, 0.15) is 10.8 Å². The molecule has 1 aromatic rings. The van der Waals surface area contributed by atoms with Gasteiger partial charge in [-0.1, -0.05) is 23.2 Å². The van der Waals surface area contributed by atoms with Crippen LogP contribution in [0.15, 0.2) is 12.1 Å². The van der Waals surface area contributed by atoms with Crippen molar-refractivity contribution in [1.82, 2.24) is 15.2 Å². The third-order valence-corrected chi connectivity index (χ3v) is 4.14. The number of carbonyl (C=O) groups is 1. The molecule has 2 heterocycles. The Morgan fingerprint density at radius 2 is 2.25 bits per heavy atom. The molecule has 1 unspecified atom stereocenters. The van der Waals surface area contributed by atoms with Crippen LogP contribution in [0, 0.1) is 5.92 Å². The molecule has 1 saturated heterocycles. The maximum absolute atomic E-state index is 12.1. The number of nitrogens with zero attached hydrogens (tertiary/aromatic N) is 2. The van der Waals surface area contributed by atoms with Gasteiger partial charge in [0.25, 0.3) is 5.91 Å². The van der Waals surface area contributed by atoms with E-state index in [2.05, 4.69) is 29.0 Å². The predicted octanol–water partition coefficient (Wildman–Crippen LogP) is 2.85. The lowest BCUT2D eigenvalue weighted by Gasteiger charge is -2.20. The van der Waals surface area contributed by atoms with Gasteiger partial charge in [0.05, 0.1) is 5.02 Å². The Labute approximate surface area is 129 Å². The van der Waals surface area contributed by atoms with E-state index in [0.29, 0.717) is 23.5 Å². The number of hydrogen-bond acceptors (Lipinski definition) is 3. The van der Waals surface area contributed by atoms with E-state index in [4.69, 9.17) is 23.2 Å². The average molecular weight is 316 g/mol. The maximum atomic E-state index is 12.1. The van der Waals surface area contributed by atoms with Gasteiger partial charge in [-0.3, -0.25) is 4.79 Å². The van der Waals surface area contributed by atoms with Gasteiger partial charge in [0.15, 0.2) is 0 Å². The molecule has 0 saturated carbocycles. The van der Waals surface area contributed by atoms with E-state index < -0.39 is 0 Å². The Morgan fingerprint density at radius 1 is 1.50 bits per heavy atom. The van der Waals surface area contributed by atoms with Crippen molar-refractivity contribution < 1.29 is 4.79 Å². The highest BCUT2D eigenvalue weighted by molar-refractivity contribution is 6.34. The van der Waals surface area contributed by atoms with Gasteiger partial charge >= 0.3 is 0 Å². The van der Waals surface area contributed by atoms with Crippen LogP contribution in [-0.4, -0.2) is 41.5 Å². The van der Waals surface area contributed by atoms with Crippen molar-refractivity contribution in [3.05, 3.63) is 28.0 Å². The third kappa shape index (κ3) is 3.84.